The molecule has 1 amide bonds. The van der Waals surface area contributed by atoms with Crippen molar-refractivity contribution in [2.45, 2.75) is 18.4 Å². The molecule has 4 N–H and O–H groups in total. The summed E-state index contributed by atoms with van der Waals surface area (Å²) in [6.07, 6.45) is 2.91. The van der Waals surface area contributed by atoms with E-state index in [1.807, 2.05) is 0 Å². The molecule has 0 saturated carbocycles. The molecule has 6 heteroatoms. The molecule has 18 heavy (non-hydrogen) atoms. The summed E-state index contributed by atoms with van der Waals surface area (Å²) in [5.41, 5.74) is 5.14. The monoisotopic (exact) mass is 251 g/mol. The van der Waals surface area contributed by atoms with Crippen LogP contribution >= 0.6 is 0 Å². The number of aromatic nitrogens is 1. The zero-order valence-corrected chi connectivity index (χ0v) is 10.1. The van der Waals surface area contributed by atoms with E-state index in [0.717, 1.165) is 0 Å². The van der Waals surface area contributed by atoms with Crippen LogP contribution in [0.4, 0.5) is 5.82 Å². The Morgan fingerprint density at radius 1 is 1.56 bits per heavy atom. The van der Waals surface area contributed by atoms with Gasteiger partial charge in [0.1, 0.15) is 5.82 Å². The van der Waals surface area contributed by atoms with Crippen molar-refractivity contribution in [3.63, 3.8) is 0 Å². The SMILES string of the molecule is NC(=O)c1cccnc1NC1(CO)CCOCC1. The van der Waals surface area contributed by atoms with Gasteiger partial charge in [-0.3, -0.25) is 4.79 Å². The standard InChI is InChI=1S/C12H17N3O3/c13-10(17)9-2-1-5-14-11(9)15-12(8-16)3-6-18-7-4-12/h1-2,5,16H,3-4,6-8H2,(H2,13,17)(H,14,15). The Hall–Kier alpha value is -1.66. The molecule has 1 aromatic heterocycles. The second-order valence-corrected chi connectivity index (χ2v) is 4.44. The molecule has 0 radical (unpaired) electrons. The summed E-state index contributed by atoms with van der Waals surface area (Å²) in [7, 11) is 0. The number of hydrogen-bond acceptors (Lipinski definition) is 5. The van der Waals surface area contributed by atoms with Crippen molar-refractivity contribution in [1.29, 1.82) is 0 Å². The molecule has 0 atom stereocenters. The topological polar surface area (TPSA) is 97.5 Å². The largest absolute Gasteiger partial charge is 0.394 e. The Bertz CT molecular complexity index is 430. The molecule has 1 aromatic rings. The summed E-state index contributed by atoms with van der Waals surface area (Å²) in [6.45, 7) is 1.11. The minimum atomic E-state index is -0.536. The average Bonchev–Trinajstić information content (AvgIpc) is 2.40. The van der Waals surface area contributed by atoms with Gasteiger partial charge in [-0.2, -0.15) is 0 Å². The van der Waals surface area contributed by atoms with Crippen LogP contribution in [0.15, 0.2) is 18.3 Å². The molecular weight excluding hydrogens is 234 g/mol. The van der Waals surface area contributed by atoms with Gasteiger partial charge in [-0.05, 0) is 25.0 Å². The summed E-state index contributed by atoms with van der Waals surface area (Å²) in [5, 5.41) is 12.7. The summed E-state index contributed by atoms with van der Waals surface area (Å²) < 4.78 is 5.28. The van der Waals surface area contributed by atoms with Crippen LogP contribution in [0.25, 0.3) is 0 Å². The highest BCUT2D eigenvalue weighted by Gasteiger charge is 2.33. The van der Waals surface area contributed by atoms with Gasteiger partial charge in [0.05, 0.1) is 17.7 Å². The van der Waals surface area contributed by atoms with Gasteiger partial charge in [0.2, 0.25) is 0 Å². The molecule has 0 bridgehead atoms. The third kappa shape index (κ3) is 2.60. The number of rotatable bonds is 4. The lowest BCUT2D eigenvalue weighted by atomic mass is 9.91. The number of carbonyl (C=O) groups is 1. The van der Waals surface area contributed by atoms with E-state index in [4.69, 9.17) is 10.5 Å². The smallest absolute Gasteiger partial charge is 0.252 e. The number of pyridine rings is 1. The number of nitrogens with two attached hydrogens (primary N) is 1. The number of anilines is 1. The Labute approximate surface area is 105 Å². The Morgan fingerprint density at radius 2 is 2.28 bits per heavy atom. The molecule has 0 spiro atoms. The number of amides is 1. The zero-order valence-electron chi connectivity index (χ0n) is 10.1. The van der Waals surface area contributed by atoms with Crippen molar-refractivity contribution in [3.05, 3.63) is 23.9 Å². The maximum Gasteiger partial charge on any atom is 0.252 e. The molecule has 1 saturated heterocycles. The first-order chi connectivity index (χ1) is 8.67. The highest BCUT2D eigenvalue weighted by atomic mass is 16.5. The molecule has 2 rings (SSSR count). The summed E-state index contributed by atoms with van der Waals surface area (Å²) >= 11 is 0. The van der Waals surface area contributed by atoms with E-state index in [-0.39, 0.29) is 6.61 Å². The van der Waals surface area contributed by atoms with Crippen molar-refractivity contribution < 1.29 is 14.6 Å². The number of nitrogens with one attached hydrogen (secondary N) is 1. The lowest BCUT2D eigenvalue weighted by Crippen LogP contribution is -2.47. The van der Waals surface area contributed by atoms with E-state index in [2.05, 4.69) is 10.3 Å². The van der Waals surface area contributed by atoms with Crippen LogP contribution in [0.2, 0.25) is 0 Å². The summed E-state index contributed by atoms with van der Waals surface area (Å²) in [6, 6.07) is 3.27. The molecule has 1 aliphatic heterocycles. The molecule has 1 aliphatic rings. The second-order valence-electron chi connectivity index (χ2n) is 4.44. The summed E-state index contributed by atoms with van der Waals surface area (Å²) in [5.74, 6) is -0.119. The van der Waals surface area contributed by atoms with E-state index in [0.29, 0.717) is 37.4 Å². The fourth-order valence-corrected chi connectivity index (χ4v) is 2.04. The van der Waals surface area contributed by atoms with Crippen LogP contribution in [0.5, 0.6) is 0 Å². The number of carbonyl (C=O) groups excluding carboxylic acids is 1. The Balaban J connectivity index is 2.24. The highest BCUT2D eigenvalue weighted by Crippen LogP contribution is 2.26. The molecule has 0 aliphatic carbocycles. The van der Waals surface area contributed by atoms with E-state index in [9.17, 15) is 9.90 Å². The second kappa shape index (κ2) is 5.32. The summed E-state index contributed by atoms with van der Waals surface area (Å²) in [4.78, 5) is 15.4. The number of aliphatic hydroxyl groups is 1. The van der Waals surface area contributed by atoms with Gasteiger partial charge in [-0.25, -0.2) is 4.98 Å². The molecule has 0 aromatic carbocycles. The number of aliphatic hydroxyl groups excluding tert-OH is 1. The van der Waals surface area contributed by atoms with Crippen LogP contribution < -0.4 is 11.1 Å². The Kier molecular flexibility index (Phi) is 3.78. The lowest BCUT2D eigenvalue weighted by molar-refractivity contribution is 0.0378. The van der Waals surface area contributed by atoms with E-state index >= 15 is 0 Å². The van der Waals surface area contributed by atoms with Crippen LogP contribution in [0.3, 0.4) is 0 Å². The van der Waals surface area contributed by atoms with E-state index in [1.165, 1.54) is 0 Å². The van der Waals surface area contributed by atoms with Gasteiger partial charge < -0.3 is 20.9 Å². The van der Waals surface area contributed by atoms with Gasteiger partial charge in [-0.15, -0.1) is 0 Å². The molecule has 1 fully saturated rings. The average molecular weight is 251 g/mol. The first-order valence-corrected chi connectivity index (χ1v) is 5.88. The lowest BCUT2D eigenvalue weighted by Gasteiger charge is -2.37. The van der Waals surface area contributed by atoms with Crippen molar-refractivity contribution in [2.24, 2.45) is 5.73 Å². The molecule has 98 valence electrons. The molecular formula is C12H17N3O3. The minimum Gasteiger partial charge on any atom is -0.394 e. The van der Waals surface area contributed by atoms with Gasteiger partial charge in [0.15, 0.2) is 0 Å². The third-order valence-corrected chi connectivity index (χ3v) is 3.21. The minimum absolute atomic E-state index is 0.0366. The molecule has 2 heterocycles. The van der Waals surface area contributed by atoms with Gasteiger partial charge in [-0.1, -0.05) is 0 Å². The normalized spacial score (nSPS) is 18.3. The number of nitrogens with zero attached hydrogens (tertiary/aromatic N) is 1. The van der Waals surface area contributed by atoms with E-state index < -0.39 is 11.4 Å². The third-order valence-electron chi connectivity index (χ3n) is 3.21. The quantitative estimate of drug-likeness (QED) is 0.707. The molecule has 0 unspecified atom stereocenters. The Morgan fingerprint density at radius 3 is 2.89 bits per heavy atom. The van der Waals surface area contributed by atoms with Crippen molar-refractivity contribution in [3.8, 4) is 0 Å². The van der Waals surface area contributed by atoms with Crippen molar-refractivity contribution >= 4 is 11.7 Å². The maximum atomic E-state index is 11.3. The van der Waals surface area contributed by atoms with Crippen molar-refractivity contribution in [1.82, 2.24) is 4.98 Å². The maximum absolute atomic E-state index is 11.3. The predicted octanol–water partition coefficient (Wildman–Crippen LogP) is 0.134. The van der Waals surface area contributed by atoms with Crippen LogP contribution in [-0.4, -0.2) is 41.4 Å². The van der Waals surface area contributed by atoms with Gasteiger partial charge in [0.25, 0.3) is 5.91 Å². The van der Waals surface area contributed by atoms with Gasteiger partial charge >= 0.3 is 0 Å². The predicted molar refractivity (Wildman–Crippen MR) is 66.2 cm³/mol. The van der Waals surface area contributed by atoms with Crippen molar-refractivity contribution in [2.75, 3.05) is 25.1 Å². The first-order valence-electron chi connectivity index (χ1n) is 5.88. The number of primary amides is 1. The van der Waals surface area contributed by atoms with Gasteiger partial charge in [0, 0.05) is 19.4 Å². The van der Waals surface area contributed by atoms with Crippen LogP contribution in [0.1, 0.15) is 23.2 Å². The fourth-order valence-electron chi connectivity index (χ4n) is 2.04. The van der Waals surface area contributed by atoms with Crippen LogP contribution in [0, 0.1) is 0 Å². The first kappa shape index (κ1) is 12.8. The van der Waals surface area contributed by atoms with E-state index in [1.54, 1.807) is 18.3 Å². The van der Waals surface area contributed by atoms with Crippen LogP contribution in [-0.2, 0) is 4.74 Å². The fraction of sp³-hybridized carbons (Fsp3) is 0.500. The number of hydrogen-bond donors (Lipinski definition) is 3. The highest BCUT2D eigenvalue weighted by molar-refractivity contribution is 5.97. The number of ether oxygens (including phenoxy) is 1. The molecule has 6 nitrogen and oxygen atoms in total. The zero-order chi connectivity index (χ0) is 13.0.